The van der Waals surface area contributed by atoms with E-state index in [-0.39, 0.29) is 0 Å². The van der Waals surface area contributed by atoms with Crippen molar-refractivity contribution in [2.24, 2.45) is 0 Å². The van der Waals surface area contributed by atoms with Crippen LogP contribution in [0.2, 0.25) is 0 Å². The Kier molecular flexibility index (Phi) is 4.09. The minimum atomic E-state index is 1.13. The third-order valence-electron chi connectivity index (χ3n) is 2.46. The van der Waals surface area contributed by atoms with Gasteiger partial charge in [0.15, 0.2) is 0 Å². The van der Waals surface area contributed by atoms with Crippen molar-refractivity contribution in [1.82, 2.24) is 9.97 Å². The number of para-hydroxylation sites is 1. The zero-order valence-corrected chi connectivity index (χ0v) is 12.7. The van der Waals surface area contributed by atoms with Crippen LogP contribution in [0.5, 0.6) is 0 Å². The minimum absolute atomic E-state index is 1.13. The van der Waals surface area contributed by atoms with E-state index >= 15 is 0 Å². The first-order chi connectivity index (χ1) is 8.56. The number of fused-ring (bicyclic) bond motifs is 1. The lowest BCUT2D eigenvalue weighted by molar-refractivity contribution is 1.20. The van der Waals surface area contributed by atoms with Crippen LogP contribution in [-0.2, 0) is 0 Å². The monoisotopic (exact) mass is 276 g/mol. The van der Waals surface area contributed by atoms with E-state index in [2.05, 4.69) is 40.5 Å². The molecule has 2 aromatic heterocycles. The van der Waals surface area contributed by atoms with E-state index < -0.39 is 0 Å². The molecule has 0 aliphatic heterocycles. The number of aryl methyl sites for hydroxylation is 4. The van der Waals surface area contributed by atoms with E-state index in [1.54, 1.807) is 22.7 Å². The van der Waals surface area contributed by atoms with E-state index in [1.165, 1.54) is 10.3 Å². The number of hydrogen-bond donors (Lipinski definition) is 0. The Labute approximate surface area is 115 Å². The standard InChI is InChI=1S/C9H9NS.C5H7NS/c1-6-4-3-5-8-9(6)10-7(2)11-8;1-4-3-7-5(2)6-4/h3-5H,1-2H3;3H,1-2H3. The molecule has 2 heterocycles. The third kappa shape index (κ3) is 3.15. The van der Waals surface area contributed by atoms with Crippen LogP contribution in [0.1, 0.15) is 21.3 Å². The van der Waals surface area contributed by atoms with Gasteiger partial charge in [-0.1, -0.05) is 12.1 Å². The molecule has 0 spiro atoms. The molecular formula is C14H16N2S2. The molecule has 0 saturated heterocycles. The molecule has 0 bridgehead atoms. The Balaban J connectivity index is 0.000000149. The van der Waals surface area contributed by atoms with Crippen LogP contribution >= 0.6 is 22.7 Å². The fraction of sp³-hybridized carbons (Fsp3) is 0.286. The Morgan fingerprint density at radius 2 is 1.72 bits per heavy atom. The van der Waals surface area contributed by atoms with Gasteiger partial charge in [0.1, 0.15) is 0 Å². The smallest absolute Gasteiger partial charge is 0.0907 e. The Bertz CT molecular complexity index is 636. The van der Waals surface area contributed by atoms with Crippen molar-refractivity contribution in [2.75, 3.05) is 0 Å². The highest BCUT2D eigenvalue weighted by Gasteiger charge is 2.00. The molecule has 0 amide bonds. The Morgan fingerprint density at radius 3 is 2.22 bits per heavy atom. The quantitative estimate of drug-likeness (QED) is 0.596. The van der Waals surface area contributed by atoms with Crippen molar-refractivity contribution in [1.29, 1.82) is 0 Å². The molecule has 0 aliphatic rings. The van der Waals surface area contributed by atoms with Crippen LogP contribution in [0.25, 0.3) is 10.2 Å². The van der Waals surface area contributed by atoms with Crippen molar-refractivity contribution in [3.63, 3.8) is 0 Å². The minimum Gasteiger partial charge on any atom is -0.247 e. The zero-order chi connectivity index (χ0) is 13.1. The van der Waals surface area contributed by atoms with Crippen LogP contribution in [0, 0.1) is 27.7 Å². The fourth-order valence-corrected chi connectivity index (χ4v) is 3.16. The summed E-state index contributed by atoms with van der Waals surface area (Å²) in [6, 6.07) is 6.30. The second-order valence-corrected chi connectivity index (χ2v) is 6.46. The van der Waals surface area contributed by atoms with E-state index in [1.807, 2.05) is 20.8 Å². The SMILES string of the molecule is Cc1csc(C)n1.Cc1nc2c(C)cccc2s1. The van der Waals surface area contributed by atoms with Gasteiger partial charge >= 0.3 is 0 Å². The van der Waals surface area contributed by atoms with Gasteiger partial charge in [-0.15, -0.1) is 22.7 Å². The van der Waals surface area contributed by atoms with Gasteiger partial charge in [-0.25, -0.2) is 9.97 Å². The molecule has 0 N–H and O–H groups in total. The average Bonchev–Trinajstić information content (AvgIpc) is 2.86. The summed E-state index contributed by atoms with van der Waals surface area (Å²) in [5.41, 5.74) is 3.56. The lowest BCUT2D eigenvalue weighted by Crippen LogP contribution is -1.74. The summed E-state index contributed by atoms with van der Waals surface area (Å²) in [5, 5.41) is 4.35. The van der Waals surface area contributed by atoms with Crippen molar-refractivity contribution in [3.05, 3.63) is 44.9 Å². The summed E-state index contributed by atoms with van der Waals surface area (Å²) in [5.74, 6) is 0. The molecular weight excluding hydrogens is 260 g/mol. The van der Waals surface area contributed by atoms with Gasteiger partial charge in [-0.2, -0.15) is 0 Å². The highest BCUT2D eigenvalue weighted by atomic mass is 32.1. The molecule has 0 unspecified atom stereocenters. The molecule has 18 heavy (non-hydrogen) atoms. The van der Waals surface area contributed by atoms with E-state index in [9.17, 15) is 0 Å². The second kappa shape index (κ2) is 5.59. The number of benzene rings is 1. The first-order valence-corrected chi connectivity index (χ1v) is 7.47. The normalized spacial score (nSPS) is 10.2. The van der Waals surface area contributed by atoms with Gasteiger partial charge < -0.3 is 0 Å². The number of thiazole rings is 2. The fourth-order valence-electron chi connectivity index (χ4n) is 1.67. The van der Waals surface area contributed by atoms with Crippen molar-refractivity contribution >= 4 is 32.9 Å². The van der Waals surface area contributed by atoms with Gasteiger partial charge in [0.25, 0.3) is 0 Å². The largest absolute Gasteiger partial charge is 0.247 e. The van der Waals surface area contributed by atoms with Gasteiger partial charge in [-0.3, -0.25) is 0 Å². The Hall–Kier alpha value is -1.26. The van der Waals surface area contributed by atoms with E-state index in [0.717, 1.165) is 21.2 Å². The maximum atomic E-state index is 4.43. The topological polar surface area (TPSA) is 25.8 Å². The number of nitrogens with zero attached hydrogens (tertiary/aromatic N) is 2. The van der Waals surface area contributed by atoms with Gasteiger partial charge in [0, 0.05) is 11.1 Å². The van der Waals surface area contributed by atoms with Gasteiger partial charge in [0.2, 0.25) is 0 Å². The number of hydrogen-bond acceptors (Lipinski definition) is 4. The predicted molar refractivity (Wildman–Crippen MR) is 80.7 cm³/mol. The lowest BCUT2D eigenvalue weighted by Gasteiger charge is -1.90. The molecule has 0 atom stereocenters. The summed E-state index contributed by atoms with van der Waals surface area (Å²) in [7, 11) is 0. The number of rotatable bonds is 0. The lowest BCUT2D eigenvalue weighted by atomic mass is 10.2. The highest BCUT2D eigenvalue weighted by Crippen LogP contribution is 2.23. The van der Waals surface area contributed by atoms with Crippen molar-refractivity contribution in [3.8, 4) is 0 Å². The number of aromatic nitrogens is 2. The molecule has 4 heteroatoms. The molecule has 94 valence electrons. The van der Waals surface area contributed by atoms with Gasteiger partial charge in [0.05, 0.1) is 20.2 Å². The van der Waals surface area contributed by atoms with E-state index in [0.29, 0.717) is 0 Å². The molecule has 0 aliphatic carbocycles. The maximum absolute atomic E-state index is 4.43. The average molecular weight is 276 g/mol. The first kappa shape index (κ1) is 13.2. The molecule has 3 aromatic rings. The maximum Gasteiger partial charge on any atom is 0.0907 e. The molecule has 2 nitrogen and oxygen atoms in total. The van der Waals surface area contributed by atoms with Crippen LogP contribution in [-0.4, -0.2) is 9.97 Å². The van der Waals surface area contributed by atoms with Gasteiger partial charge in [-0.05, 0) is 39.3 Å². The summed E-state index contributed by atoms with van der Waals surface area (Å²) >= 11 is 3.45. The summed E-state index contributed by atoms with van der Waals surface area (Å²) < 4.78 is 1.29. The summed E-state index contributed by atoms with van der Waals surface area (Å²) in [6.45, 7) is 8.16. The first-order valence-electron chi connectivity index (χ1n) is 5.78. The van der Waals surface area contributed by atoms with Crippen molar-refractivity contribution in [2.45, 2.75) is 27.7 Å². The Morgan fingerprint density at radius 1 is 0.944 bits per heavy atom. The molecule has 0 saturated carbocycles. The van der Waals surface area contributed by atoms with Crippen molar-refractivity contribution < 1.29 is 0 Å². The van der Waals surface area contributed by atoms with Crippen LogP contribution in [0.3, 0.4) is 0 Å². The van der Waals surface area contributed by atoms with Crippen LogP contribution in [0.15, 0.2) is 23.6 Å². The van der Waals surface area contributed by atoms with E-state index in [4.69, 9.17) is 0 Å². The zero-order valence-electron chi connectivity index (χ0n) is 11.0. The summed E-state index contributed by atoms with van der Waals surface area (Å²) in [6.07, 6.45) is 0. The molecule has 3 rings (SSSR count). The molecule has 0 radical (unpaired) electrons. The molecule has 0 fully saturated rings. The van der Waals surface area contributed by atoms with Crippen LogP contribution < -0.4 is 0 Å². The third-order valence-corrected chi connectivity index (χ3v) is 4.29. The van der Waals surface area contributed by atoms with Crippen LogP contribution in [0.4, 0.5) is 0 Å². The summed E-state index contributed by atoms with van der Waals surface area (Å²) in [4.78, 5) is 8.56. The highest BCUT2D eigenvalue weighted by molar-refractivity contribution is 7.18. The second-order valence-electron chi connectivity index (χ2n) is 4.16. The predicted octanol–water partition coefficient (Wildman–Crippen LogP) is 4.67. The molecule has 1 aromatic carbocycles.